The van der Waals surface area contributed by atoms with Gasteiger partial charge in [-0.05, 0) is 13.8 Å². The van der Waals surface area contributed by atoms with Crippen molar-refractivity contribution in [1.82, 2.24) is 19.3 Å². The van der Waals surface area contributed by atoms with E-state index < -0.39 is 5.97 Å². The van der Waals surface area contributed by atoms with Crippen molar-refractivity contribution in [3.05, 3.63) is 48.5 Å². The summed E-state index contributed by atoms with van der Waals surface area (Å²) < 4.78 is 3.59. The van der Waals surface area contributed by atoms with Crippen LogP contribution in [0.2, 0.25) is 0 Å². The van der Waals surface area contributed by atoms with Crippen LogP contribution in [0, 0.1) is 6.92 Å². The molecule has 2 aromatic heterocycles. The molecule has 2 heterocycles. The van der Waals surface area contributed by atoms with Crippen LogP contribution in [-0.4, -0.2) is 42.1 Å². The Morgan fingerprint density at radius 2 is 2.00 bits per heavy atom. The molecule has 0 saturated carbocycles. The van der Waals surface area contributed by atoms with Crippen molar-refractivity contribution in [2.45, 2.75) is 32.9 Å². The zero-order valence-corrected chi connectivity index (χ0v) is 14.8. The summed E-state index contributed by atoms with van der Waals surface area (Å²) in [6.45, 7) is 4.17. The number of aryl methyl sites for hydroxylation is 1. The smallest absolute Gasteiger partial charge is 0.305 e. The molecule has 26 heavy (non-hydrogen) atoms. The standard InChI is InChI=1S/C19H22N4O3/c1-13(10-17(25)26)23-12-20-18(15-6-4-3-5-7-15)19(23)16-11-22(8-9-24)21-14(16)2/h3-7,11-13,24H,8-10H2,1-2H3,(H,25,26). The van der Waals surface area contributed by atoms with Gasteiger partial charge in [-0.1, -0.05) is 30.3 Å². The van der Waals surface area contributed by atoms with Gasteiger partial charge >= 0.3 is 5.97 Å². The van der Waals surface area contributed by atoms with E-state index in [9.17, 15) is 15.0 Å². The van der Waals surface area contributed by atoms with Crippen LogP contribution in [0.4, 0.5) is 0 Å². The third kappa shape index (κ3) is 3.52. The molecule has 0 bridgehead atoms. The van der Waals surface area contributed by atoms with Gasteiger partial charge in [0, 0.05) is 23.4 Å². The Kier molecular flexibility index (Phi) is 5.18. The first-order valence-electron chi connectivity index (χ1n) is 8.50. The van der Waals surface area contributed by atoms with Crippen molar-refractivity contribution in [3.8, 4) is 22.5 Å². The molecule has 0 spiro atoms. The van der Waals surface area contributed by atoms with E-state index in [0.29, 0.717) is 6.54 Å². The van der Waals surface area contributed by atoms with Gasteiger partial charge in [0.25, 0.3) is 0 Å². The number of hydrogen-bond acceptors (Lipinski definition) is 4. The van der Waals surface area contributed by atoms with Gasteiger partial charge in [-0.2, -0.15) is 5.10 Å². The second kappa shape index (κ2) is 7.53. The van der Waals surface area contributed by atoms with Crippen LogP contribution in [0.1, 0.15) is 25.1 Å². The van der Waals surface area contributed by atoms with E-state index in [1.54, 1.807) is 11.0 Å². The minimum atomic E-state index is -0.855. The van der Waals surface area contributed by atoms with E-state index in [1.165, 1.54) is 0 Å². The number of aliphatic hydroxyl groups is 1. The molecule has 136 valence electrons. The number of aromatic nitrogens is 4. The molecule has 0 amide bonds. The summed E-state index contributed by atoms with van der Waals surface area (Å²) in [5.41, 5.74) is 4.27. The number of hydrogen-bond donors (Lipinski definition) is 2. The van der Waals surface area contributed by atoms with Gasteiger partial charge < -0.3 is 14.8 Å². The molecule has 0 fully saturated rings. The number of carbonyl (C=O) groups is 1. The molecule has 1 unspecified atom stereocenters. The number of carboxylic acids is 1. The predicted molar refractivity (Wildman–Crippen MR) is 97.7 cm³/mol. The summed E-state index contributed by atoms with van der Waals surface area (Å²) in [7, 11) is 0. The summed E-state index contributed by atoms with van der Waals surface area (Å²) in [6.07, 6.45) is 3.56. The quantitative estimate of drug-likeness (QED) is 0.680. The molecule has 7 heteroatoms. The predicted octanol–water partition coefficient (Wildman–Crippen LogP) is 2.75. The van der Waals surface area contributed by atoms with Crippen LogP contribution in [0.5, 0.6) is 0 Å². The number of nitrogens with zero attached hydrogens (tertiary/aromatic N) is 4. The average molecular weight is 354 g/mol. The molecule has 0 aliphatic heterocycles. The summed E-state index contributed by atoms with van der Waals surface area (Å²) in [4.78, 5) is 15.8. The lowest BCUT2D eigenvalue weighted by molar-refractivity contribution is -0.137. The largest absolute Gasteiger partial charge is 0.481 e. The lowest BCUT2D eigenvalue weighted by atomic mass is 10.0. The Hall–Kier alpha value is -2.93. The van der Waals surface area contributed by atoms with E-state index in [-0.39, 0.29) is 19.1 Å². The van der Waals surface area contributed by atoms with E-state index in [0.717, 1.165) is 28.2 Å². The number of rotatable bonds is 7. The van der Waals surface area contributed by atoms with Crippen molar-refractivity contribution in [2.75, 3.05) is 6.61 Å². The first kappa shape index (κ1) is 17.9. The van der Waals surface area contributed by atoms with Crippen molar-refractivity contribution >= 4 is 5.97 Å². The molecule has 3 aromatic rings. The summed E-state index contributed by atoms with van der Waals surface area (Å²) >= 11 is 0. The van der Waals surface area contributed by atoms with Gasteiger partial charge in [-0.25, -0.2) is 4.98 Å². The Bertz CT molecular complexity index is 899. The molecule has 0 saturated heterocycles. The Morgan fingerprint density at radius 1 is 1.27 bits per heavy atom. The van der Waals surface area contributed by atoms with Crippen molar-refractivity contribution in [2.24, 2.45) is 0 Å². The van der Waals surface area contributed by atoms with E-state index in [4.69, 9.17) is 0 Å². The minimum Gasteiger partial charge on any atom is -0.481 e. The number of carboxylic acid groups (broad SMARTS) is 1. The lowest BCUT2D eigenvalue weighted by Gasteiger charge is -2.15. The molecule has 3 rings (SSSR count). The van der Waals surface area contributed by atoms with Crippen LogP contribution < -0.4 is 0 Å². The highest BCUT2D eigenvalue weighted by atomic mass is 16.4. The molecule has 2 N–H and O–H groups in total. The van der Waals surface area contributed by atoms with E-state index in [2.05, 4.69) is 10.1 Å². The zero-order chi connectivity index (χ0) is 18.7. The van der Waals surface area contributed by atoms with Crippen LogP contribution in [0.3, 0.4) is 0 Å². The van der Waals surface area contributed by atoms with Gasteiger partial charge in [0.2, 0.25) is 0 Å². The zero-order valence-electron chi connectivity index (χ0n) is 14.8. The molecule has 0 aliphatic carbocycles. The van der Waals surface area contributed by atoms with Crippen LogP contribution in [0.15, 0.2) is 42.9 Å². The van der Waals surface area contributed by atoms with Crippen LogP contribution >= 0.6 is 0 Å². The van der Waals surface area contributed by atoms with Gasteiger partial charge in [0.1, 0.15) is 0 Å². The molecule has 0 radical (unpaired) electrons. The lowest BCUT2D eigenvalue weighted by Crippen LogP contribution is -2.11. The summed E-state index contributed by atoms with van der Waals surface area (Å²) in [5, 5.41) is 22.8. The first-order valence-corrected chi connectivity index (χ1v) is 8.50. The maximum atomic E-state index is 11.2. The molecule has 1 aromatic carbocycles. The number of aliphatic hydroxyl groups excluding tert-OH is 1. The summed E-state index contributed by atoms with van der Waals surface area (Å²) in [6, 6.07) is 9.53. The van der Waals surface area contributed by atoms with Crippen LogP contribution in [0.25, 0.3) is 22.5 Å². The van der Waals surface area contributed by atoms with Crippen LogP contribution in [-0.2, 0) is 11.3 Å². The highest BCUT2D eigenvalue weighted by Crippen LogP contribution is 2.35. The topological polar surface area (TPSA) is 93.2 Å². The third-order valence-corrected chi connectivity index (χ3v) is 4.32. The fourth-order valence-electron chi connectivity index (χ4n) is 3.09. The number of imidazole rings is 1. The minimum absolute atomic E-state index is 0.000775. The second-order valence-corrected chi connectivity index (χ2v) is 6.28. The maximum absolute atomic E-state index is 11.2. The molecule has 7 nitrogen and oxygen atoms in total. The Morgan fingerprint density at radius 3 is 2.65 bits per heavy atom. The van der Waals surface area contributed by atoms with Crippen molar-refractivity contribution in [1.29, 1.82) is 0 Å². The van der Waals surface area contributed by atoms with Crippen molar-refractivity contribution < 1.29 is 15.0 Å². The molecular weight excluding hydrogens is 332 g/mol. The average Bonchev–Trinajstić information content (AvgIpc) is 3.18. The maximum Gasteiger partial charge on any atom is 0.305 e. The second-order valence-electron chi connectivity index (χ2n) is 6.28. The summed E-state index contributed by atoms with van der Waals surface area (Å²) in [5.74, 6) is -0.855. The van der Waals surface area contributed by atoms with Crippen molar-refractivity contribution in [3.63, 3.8) is 0 Å². The van der Waals surface area contributed by atoms with Gasteiger partial charge in [-0.3, -0.25) is 9.48 Å². The van der Waals surface area contributed by atoms with Gasteiger partial charge in [0.15, 0.2) is 0 Å². The molecular formula is C19H22N4O3. The van der Waals surface area contributed by atoms with Gasteiger partial charge in [0.05, 0.1) is 43.0 Å². The fourth-order valence-corrected chi connectivity index (χ4v) is 3.09. The third-order valence-electron chi connectivity index (χ3n) is 4.32. The molecule has 0 aliphatic rings. The van der Waals surface area contributed by atoms with E-state index in [1.807, 2.05) is 54.9 Å². The first-order chi connectivity index (χ1) is 12.5. The SMILES string of the molecule is Cc1nn(CCO)cc1-c1c(-c2ccccc2)ncn1C(C)CC(=O)O. The molecule has 1 atom stereocenters. The highest BCUT2D eigenvalue weighted by molar-refractivity contribution is 5.79. The number of benzene rings is 1. The normalized spacial score (nSPS) is 12.3. The van der Waals surface area contributed by atoms with Gasteiger partial charge in [-0.15, -0.1) is 0 Å². The Balaban J connectivity index is 2.16. The Labute approximate surface area is 151 Å². The van der Waals surface area contributed by atoms with E-state index >= 15 is 0 Å². The fraction of sp³-hybridized carbons (Fsp3) is 0.316. The highest BCUT2D eigenvalue weighted by Gasteiger charge is 2.22. The number of aliphatic carboxylic acids is 1. The monoisotopic (exact) mass is 354 g/mol.